The van der Waals surface area contributed by atoms with Gasteiger partial charge in [0.05, 0.1) is 17.9 Å². The summed E-state index contributed by atoms with van der Waals surface area (Å²) in [6.45, 7) is 5.98. The fourth-order valence-electron chi connectivity index (χ4n) is 2.37. The molecule has 3 N–H and O–H groups in total. The fraction of sp³-hybridized carbons (Fsp3) is 0.562. The third kappa shape index (κ3) is 5.77. The molecule has 0 radical (unpaired) electrons. The average molecular weight is 358 g/mol. The molecule has 0 aliphatic carbocycles. The van der Waals surface area contributed by atoms with Crippen molar-refractivity contribution in [3.05, 3.63) is 23.8 Å². The third-order valence-corrected chi connectivity index (χ3v) is 5.04. The summed E-state index contributed by atoms with van der Waals surface area (Å²) in [7, 11) is -2.29. The van der Waals surface area contributed by atoms with E-state index in [1.54, 1.807) is 14.0 Å². The van der Waals surface area contributed by atoms with Crippen molar-refractivity contribution in [1.82, 2.24) is 4.72 Å². The van der Waals surface area contributed by atoms with E-state index in [1.165, 1.54) is 18.2 Å². The van der Waals surface area contributed by atoms with E-state index in [4.69, 9.17) is 9.84 Å². The largest absolute Gasteiger partial charge is 0.478 e. The number of aromatic carboxylic acids is 1. The van der Waals surface area contributed by atoms with E-state index >= 15 is 0 Å². The number of carbonyl (C=O) groups is 1. The van der Waals surface area contributed by atoms with Gasteiger partial charge in [0.25, 0.3) is 0 Å². The number of hydrogen-bond acceptors (Lipinski definition) is 5. The van der Waals surface area contributed by atoms with Crippen molar-refractivity contribution in [2.45, 2.75) is 50.6 Å². The summed E-state index contributed by atoms with van der Waals surface area (Å²) in [5, 5.41) is 12.2. The molecule has 1 rings (SSSR count). The summed E-state index contributed by atoms with van der Waals surface area (Å²) in [6, 6.07) is 3.64. The molecule has 0 aliphatic heterocycles. The maximum absolute atomic E-state index is 12.7. The first-order valence-corrected chi connectivity index (χ1v) is 9.34. The van der Waals surface area contributed by atoms with Gasteiger partial charge in [-0.2, -0.15) is 0 Å². The highest BCUT2D eigenvalue weighted by atomic mass is 32.2. The van der Waals surface area contributed by atoms with Crippen LogP contribution >= 0.6 is 0 Å². The minimum atomic E-state index is -3.85. The quantitative estimate of drug-likeness (QED) is 0.593. The first-order chi connectivity index (χ1) is 11.2. The van der Waals surface area contributed by atoms with E-state index in [-0.39, 0.29) is 22.5 Å². The Kier molecular flexibility index (Phi) is 7.65. The zero-order valence-corrected chi connectivity index (χ0v) is 15.3. The lowest BCUT2D eigenvalue weighted by Crippen LogP contribution is -2.33. The smallest absolute Gasteiger partial charge is 0.335 e. The van der Waals surface area contributed by atoms with Gasteiger partial charge in [-0.15, -0.1) is 0 Å². The van der Waals surface area contributed by atoms with Crippen LogP contribution in [0.5, 0.6) is 0 Å². The van der Waals surface area contributed by atoms with Gasteiger partial charge in [-0.05, 0) is 38.5 Å². The number of hydrogen-bond donors (Lipinski definition) is 3. The van der Waals surface area contributed by atoms with E-state index < -0.39 is 16.0 Å². The lowest BCUT2D eigenvalue weighted by atomic mass is 10.2. The van der Waals surface area contributed by atoms with Crippen LogP contribution in [0.1, 0.15) is 44.0 Å². The van der Waals surface area contributed by atoms with Gasteiger partial charge in [0, 0.05) is 19.2 Å². The Labute approximate surface area is 143 Å². The molecule has 0 fully saturated rings. The van der Waals surface area contributed by atoms with Crippen molar-refractivity contribution < 1.29 is 23.1 Å². The second-order valence-electron chi connectivity index (χ2n) is 5.83. The standard InChI is InChI=1S/C16H26N2O5S/c1-5-6-11(2)18-24(21,22)15-9-13(16(19)20)7-8-14(15)17-12(3)10-23-4/h7-9,11-12,17-18H,5-6,10H2,1-4H3,(H,19,20)/t11-,12-/m0/s1. The molecule has 2 atom stereocenters. The third-order valence-electron chi connectivity index (χ3n) is 3.41. The van der Waals surface area contributed by atoms with Crippen LogP contribution in [0.15, 0.2) is 23.1 Å². The molecule has 0 amide bonds. The summed E-state index contributed by atoms with van der Waals surface area (Å²) in [4.78, 5) is 11.1. The van der Waals surface area contributed by atoms with E-state index in [1.807, 2.05) is 13.8 Å². The summed E-state index contributed by atoms with van der Waals surface area (Å²) in [5.74, 6) is -1.18. The van der Waals surface area contributed by atoms with E-state index in [9.17, 15) is 13.2 Å². The lowest BCUT2D eigenvalue weighted by Gasteiger charge is -2.20. The van der Waals surface area contributed by atoms with Crippen LogP contribution in [-0.2, 0) is 14.8 Å². The first kappa shape index (κ1) is 20.4. The maximum Gasteiger partial charge on any atom is 0.335 e. The molecule has 0 saturated carbocycles. The molecule has 0 aliphatic rings. The van der Waals surface area contributed by atoms with Crippen LogP contribution in [-0.4, -0.2) is 45.3 Å². The Morgan fingerprint density at radius 2 is 1.96 bits per heavy atom. The normalized spacial score (nSPS) is 14.2. The number of methoxy groups -OCH3 is 1. The van der Waals surface area contributed by atoms with Crippen LogP contribution in [0, 0.1) is 0 Å². The molecular formula is C16H26N2O5S. The number of benzene rings is 1. The molecule has 7 nitrogen and oxygen atoms in total. The minimum Gasteiger partial charge on any atom is -0.478 e. The zero-order chi connectivity index (χ0) is 18.3. The summed E-state index contributed by atoms with van der Waals surface area (Å²) in [6.07, 6.45) is 1.54. The van der Waals surface area contributed by atoms with Crippen molar-refractivity contribution in [2.75, 3.05) is 19.0 Å². The predicted octanol–water partition coefficient (Wildman–Crippen LogP) is 2.30. The molecule has 8 heteroatoms. The predicted molar refractivity (Wildman–Crippen MR) is 93.1 cm³/mol. The Bertz CT molecular complexity index is 660. The van der Waals surface area contributed by atoms with E-state index in [0.717, 1.165) is 6.42 Å². The van der Waals surface area contributed by atoms with Gasteiger partial charge in [0.15, 0.2) is 0 Å². The van der Waals surface area contributed by atoms with Gasteiger partial charge in [-0.3, -0.25) is 0 Å². The monoisotopic (exact) mass is 358 g/mol. The van der Waals surface area contributed by atoms with Crippen LogP contribution < -0.4 is 10.0 Å². The number of carboxylic acid groups (broad SMARTS) is 1. The number of anilines is 1. The molecule has 1 aromatic rings. The second-order valence-corrected chi connectivity index (χ2v) is 7.51. The van der Waals surface area contributed by atoms with E-state index in [0.29, 0.717) is 18.7 Å². The van der Waals surface area contributed by atoms with Crippen molar-refractivity contribution in [1.29, 1.82) is 0 Å². The van der Waals surface area contributed by atoms with Gasteiger partial charge in [0.2, 0.25) is 10.0 Å². The topological polar surface area (TPSA) is 105 Å². The highest BCUT2D eigenvalue weighted by molar-refractivity contribution is 7.89. The average Bonchev–Trinajstić information content (AvgIpc) is 2.47. The Morgan fingerprint density at radius 1 is 1.29 bits per heavy atom. The molecule has 0 aromatic heterocycles. The number of nitrogens with one attached hydrogen (secondary N) is 2. The summed E-state index contributed by atoms with van der Waals surface area (Å²) < 4.78 is 33.0. The van der Waals surface area contributed by atoms with Crippen LogP contribution in [0.4, 0.5) is 5.69 Å². The Balaban J connectivity index is 3.24. The molecule has 0 saturated heterocycles. The molecule has 0 heterocycles. The van der Waals surface area contributed by atoms with Crippen LogP contribution in [0.3, 0.4) is 0 Å². The number of ether oxygens (including phenoxy) is 1. The number of carboxylic acids is 1. The van der Waals surface area contributed by atoms with Gasteiger partial charge >= 0.3 is 5.97 Å². The second kappa shape index (κ2) is 9.00. The van der Waals surface area contributed by atoms with Crippen LogP contribution in [0.2, 0.25) is 0 Å². The number of rotatable bonds is 10. The maximum atomic E-state index is 12.7. The van der Waals surface area contributed by atoms with Crippen LogP contribution in [0.25, 0.3) is 0 Å². The Hall–Kier alpha value is -1.64. The lowest BCUT2D eigenvalue weighted by molar-refractivity contribution is 0.0696. The minimum absolute atomic E-state index is 0.0756. The van der Waals surface area contributed by atoms with Crippen molar-refractivity contribution in [2.24, 2.45) is 0 Å². The summed E-state index contributed by atoms with van der Waals surface area (Å²) >= 11 is 0. The molecular weight excluding hydrogens is 332 g/mol. The zero-order valence-electron chi connectivity index (χ0n) is 14.5. The molecule has 1 aromatic carbocycles. The molecule has 0 spiro atoms. The van der Waals surface area contributed by atoms with Gasteiger partial charge in [-0.25, -0.2) is 17.9 Å². The SMILES string of the molecule is CCC[C@H](C)NS(=O)(=O)c1cc(C(=O)O)ccc1N[C@@H](C)COC. The van der Waals surface area contributed by atoms with Crippen molar-refractivity contribution in [3.8, 4) is 0 Å². The molecule has 136 valence electrons. The van der Waals surface area contributed by atoms with E-state index in [2.05, 4.69) is 10.0 Å². The fourth-order valence-corrected chi connectivity index (χ4v) is 3.85. The van der Waals surface area contributed by atoms with Crippen molar-refractivity contribution in [3.63, 3.8) is 0 Å². The molecule has 0 bridgehead atoms. The molecule has 24 heavy (non-hydrogen) atoms. The van der Waals surface area contributed by atoms with Gasteiger partial charge in [0.1, 0.15) is 4.90 Å². The Morgan fingerprint density at radius 3 is 2.50 bits per heavy atom. The van der Waals surface area contributed by atoms with Gasteiger partial charge in [-0.1, -0.05) is 13.3 Å². The first-order valence-electron chi connectivity index (χ1n) is 7.86. The van der Waals surface area contributed by atoms with Crippen molar-refractivity contribution >= 4 is 21.7 Å². The highest BCUT2D eigenvalue weighted by Crippen LogP contribution is 2.24. The summed E-state index contributed by atoms with van der Waals surface area (Å²) in [5.41, 5.74) is 0.268. The van der Waals surface area contributed by atoms with Gasteiger partial charge < -0.3 is 15.2 Å². The number of sulfonamides is 1. The highest BCUT2D eigenvalue weighted by Gasteiger charge is 2.23. The molecule has 0 unspecified atom stereocenters.